The van der Waals surface area contributed by atoms with Gasteiger partial charge in [0.2, 0.25) is 0 Å². The molecule has 0 nitrogen and oxygen atoms in total. The minimum Gasteiger partial charge on any atom is -0.131 e. The van der Waals surface area contributed by atoms with Crippen LogP contribution in [0.25, 0.3) is 0 Å². The average Bonchev–Trinajstić information content (AvgIpc) is 2.24. The zero-order valence-electron chi connectivity index (χ0n) is 11.6. The zero-order chi connectivity index (χ0) is 12.1. The molecule has 0 aliphatic heterocycles. The van der Waals surface area contributed by atoms with E-state index < -0.39 is 0 Å². The Morgan fingerprint density at radius 2 is 1.31 bits per heavy atom. The Morgan fingerprint density at radius 1 is 0.812 bits per heavy atom. The Labute approximate surface area is 105 Å². The van der Waals surface area contributed by atoms with Crippen molar-refractivity contribution in [2.75, 3.05) is 0 Å². The molecule has 96 valence electrons. The van der Waals surface area contributed by atoms with Gasteiger partial charge in [-0.05, 0) is 42.7 Å². The smallest absolute Gasteiger partial charge is 0.00940 e. The molecule has 0 spiro atoms. The maximum Gasteiger partial charge on any atom is -0.00940 e. The molecule has 0 aromatic rings. The first-order valence-electron chi connectivity index (χ1n) is 7.43. The van der Waals surface area contributed by atoms with E-state index in [1.165, 1.54) is 64.2 Å². The van der Waals surface area contributed by atoms with Gasteiger partial charge in [0.15, 0.2) is 0 Å². The van der Waals surface area contributed by atoms with Crippen LogP contribution in [0.2, 0.25) is 0 Å². The van der Waals surface area contributed by atoms with Crippen LogP contribution in [0.5, 0.6) is 0 Å². The maximum absolute atomic E-state index is 3.30. The quantitative estimate of drug-likeness (QED) is 0.535. The van der Waals surface area contributed by atoms with Gasteiger partial charge in [0, 0.05) is 0 Å². The summed E-state index contributed by atoms with van der Waals surface area (Å²) < 4.78 is 0. The van der Waals surface area contributed by atoms with Gasteiger partial charge in [-0.1, -0.05) is 52.9 Å². The third-order valence-corrected chi connectivity index (χ3v) is 5.93. The molecule has 0 aromatic heterocycles. The topological polar surface area (TPSA) is 0 Å². The lowest BCUT2D eigenvalue weighted by Gasteiger charge is -2.53. The van der Waals surface area contributed by atoms with Crippen molar-refractivity contribution in [3.63, 3.8) is 0 Å². The standard InChI is InChI=1S/C15H31P/c1-4-9-14(10-5-2)12-7-8-13-15(14,16)11-6-3/h4-13,16H2,1-3H3. The molecule has 0 N–H and O–H groups in total. The molecule has 0 bridgehead atoms. The van der Waals surface area contributed by atoms with E-state index in [0.717, 1.165) is 0 Å². The molecule has 0 saturated heterocycles. The molecule has 16 heavy (non-hydrogen) atoms. The molecule has 0 amide bonds. The van der Waals surface area contributed by atoms with Crippen LogP contribution in [-0.4, -0.2) is 5.16 Å². The predicted molar refractivity (Wildman–Crippen MR) is 78.1 cm³/mol. The average molecular weight is 242 g/mol. The van der Waals surface area contributed by atoms with Crippen LogP contribution in [0.1, 0.15) is 85.0 Å². The van der Waals surface area contributed by atoms with Gasteiger partial charge >= 0.3 is 0 Å². The molecule has 1 heteroatoms. The molecule has 1 fully saturated rings. The highest BCUT2D eigenvalue weighted by atomic mass is 31.0. The van der Waals surface area contributed by atoms with Gasteiger partial charge in [-0.15, -0.1) is 9.24 Å². The normalized spacial score (nSPS) is 29.2. The first-order valence-corrected chi connectivity index (χ1v) is 8.01. The van der Waals surface area contributed by atoms with Gasteiger partial charge in [-0.25, -0.2) is 0 Å². The van der Waals surface area contributed by atoms with Crippen molar-refractivity contribution >= 4 is 9.24 Å². The van der Waals surface area contributed by atoms with Gasteiger partial charge in [0.25, 0.3) is 0 Å². The Hall–Kier alpha value is 0.430. The SMILES string of the molecule is CCCC1(P)CCCCC1(CCC)CCC. The van der Waals surface area contributed by atoms with Crippen LogP contribution in [0.4, 0.5) is 0 Å². The van der Waals surface area contributed by atoms with Crippen LogP contribution < -0.4 is 0 Å². The number of hydrogen-bond donors (Lipinski definition) is 0. The predicted octanol–water partition coefficient (Wildman–Crippen LogP) is 5.56. The third-order valence-electron chi connectivity index (χ3n) is 4.74. The van der Waals surface area contributed by atoms with E-state index in [1.807, 2.05) is 0 Å². The summed E-state index contributed by atoms with van der Waals surface area (Å²) in [5.74, 6) is 0. The van der Waals surface area contributed by atoms with E-state index in [0.29, 0.717) is 10.6 Å². The highest BCUT2D eigenvalue weighted by molar-refractivity contribution is 7.19. The second-order valence-corrected chi connectivity index (χ2v) is 7.00. The minimum atomic E-state index is 0.562. The minimum absolute atomic E-state index is 0.562. The van der Waals surface area contributed by atoms with Crippen molar-refractivity contribution in [2.45, 2.75) is 90.1 Å². The lowest BCUT2D eigenvalue weighted by Crippen LogP contribution is -2.46. The Bertz CT molecular complexity index is 184. The van der Waals surface area contributed by atoms with Gasteiger partial charge < -0.3 is 0 Å². The summed E-state index contributed by atoms with van der Waals surface area (Å²) in [6.07, 6.45) is 14.2. The highest BCUT2D eigenvalue weighted by Crippen LogP contribution is 2.57. The first kappa shape index (κ1) is 14.5. The van der Waals surface area contributed by atoms with Gasteiger partial charge in [0.05, 0.1) is 0 Å². The van der Waals surface area contributed by atoms with Gasteiger partial charge in [-0.3, -0.25) is 0 Å². The summed E-state index contributed by atoms with van der Waals surface area (Å²) in [6.45, 7) is 7.08. The molecule has 1 aliphatic carbocycles. The second-order valence-electron chi connectivity index (χ2n) is 5.89. The molecule has 1 aliphatic rings. The van der Waals surface area contributed by atoms with E-state index in [2.05, 4.69) is 30.0 Å². The maximum atomic E-state index is 3.30. The van der Waals surface area contributed by atoms with E-state index in [-0.39, 0.29) is 0 Å². The summed E-state index contributed by atoms with van der Waals surface area (Å²) in [6, 6.07) is 0. The summed E-state index contributed by atoms with van der Waals surface area (Å²) >= 11 is 0. The number of hydrogen-bond acceptors (Lipinski definition) is 0. The molecule has 0 heterocycles. The summed E-state index contributed by atoms with van der Waals surface area (Å²) in [7, 11) is 3.30. The van der Waals surface area contributed by atoms with Crippen molar-refractivity contribution in [1.82, 2.24) is 0 Å². The van der Waals surface area contributed by atoms with Crippen LogP contribution in [0, 0.1) is 5.41 Å². The number of rotatable bonds is 6. The highest BCUT2D eigenvalue weighted by Gasteiger charge is 2.47. The van der Waals surface area contributed by atoms with Crippen molar-refractivity contribution in [3.05, 3.63) is 0 Å². The van der Waals surface area contributed by atoms with E-state index in [1.54, 1.807) is 0 Å². The fourth-order valence-electron chi connectivity index (χ4n) is 4.08. The lowest BCUT2D eigenvalue weighted by atomic mass is 9.60. The Balaban J connectivity index is 2.88. The second kappa shape index (κ2) is 6.39. The van der Waals surface area contributed by atoms with Crippen LogP contribution in [0.3, 0.4) is 0 Å². The molecule has 0 aromatic carbocycles. The fourth-order valence-corrected chi connectivity index (χ4v) is 5.01. The van der Waals surface area contributed by atoms with Crippen LogP contribution in [-0.2, 0) is 0 Å². The lowest BCUT2D eigenvalue weighted by molar-refractivity contribution is 0.0894. The molecule has 1 saturated carbocycles. The molecular weight excluding hydrogens is 211 g/mol. The van der Waals surface area contributed by atoms with Crippen molar-refractivity contribution in [2.24, 2.45) is 5.41 Å². The van der Waals surface area contributed by atoms with Crippen LogP contribution >= 0.6 is 9.24 Å². The monoisotopic (exact) mass is 242 g/mol. The first-order chi connectivity index (χ1) is 7.64. The van der Waals surface area contributed by atoms with Gasteiger partial charge in [0.1, 0.15) is 0 Å². The summed E-state index contributed by atoms with van der Waals surface area (Å²) in [5, 5.41) is 0.562. The fraction of sp³-hybridized carbons (Fsp3) is 1.00. The largest absolute Gasteiger partial charge is 0.131 e. The third kappa shape index (κ3) is 2.81. The zero-order valence-corrected chi connectivity index (χ0v) is 12.8. The van der Waals surface area contributed by atoms with Crippen molar-refractivity contribution in [1.29, 1.82) is 0 Å². The Kier molecular flexibility index (Phi) is 5.78. The van der Waals surface area contributed by atoms with E-state index in [4.69, 9.17) is 0 Å². The Morgan fingerprint density at radius 3 is 1.81 bits per heavy atom. The van der Waals surface area contributed by atoms with Gasteiger partial charge in [-0.2, -0.15) is 0 Å². The van der Waals surface area contributed by atoms with Crippen molar-refractivity contribution < 1.29 is 0 Å². The summed E-state index contributed by atoms with van der Waals surface area (Å²) in [4.78, 5) is 0. The van der Waals surface area contributed by atoms with Crippen LogP contribution in [0.15, 0.2) is 0 Å². The molecule has 2 unspecified atom stereocenters. The summed E-state index contributed by atoms with van der Waals surface area (Å²) in [5.41, 5.74) is 0.648. The van der Waals surface area contributed by atoms with E-state index >= 15 is 0 Å². The molecular formula is C15H31P. The molecule has 1 rings (SSSR count). The molecule has 2 atom stereocenters. The van der Waals surface area contributed by atoms with E-state index in [9.17, 15) is 0 Å². The van der Waals surface area contributed by atoms with Crippen molar-refractivity contribution in [3.8, 4) is 0 Å². The molecule has 0 radical (unpaired) electrons.